The molecule has 31 heavy (non-hydrogen) atoms. The molecule has 2 fully saturated rings. The molecule has 7 heteroatoms. The molecule has 7 nitrogen and oxygen atoms in total. The number of piperazine rings is 1. The fourth-order valence-corrected chi connectivity index (χ4v) is 5.15. The smallest absolute Gasteiger partial charge is 0.221 e. The summed E-state index contributed by atoms with van der Waals surface area (Å²) in [4.78, 5) is 42.4. The summed E-state index contributed by atoms with van der Waals surface area (Å²) in [5.74, 6) is 0.409. The van der Waals surface area contributed by atoms with Crippen LogP contribution in [-0.4, -0.2) is 79.2 Å². The monoisotopic (exact) mass is 427 g/mol. The number of hydrogen-bond acceptors (Lipinski definition) is 6. The van der Waals surface area contributed by atoms with Gasteiger partial charge in [-0.05, 0) is 38.9 Å². The topological polar surface area (TPSA) is 79.0 Å². The molecule has 1 aromatic rings. The van der Waals surface area contributed by atoms with Crippen LogP contribution in [0.5, 0.6) is 5.75 Å². The highest BCUT2D eigenvalue weighted by Crippen LogP contribution is 2.51. The first-order valence-corrected chi connectivity index (χ1v) is 11.2. The van der Waals surface area contributed by atoms with E-state index in [9.17, 15) is 14.4 Å². The van der Waals surface area contributed by atoms with Crippen LogP contribution in [0.25, 0.3) is 0 Å². The van der Waals surface area contributed by atoms with Gasteiger partial charge in [-0.3, -0.25) is 14.4 Å². The van der Waals surface area contributed by atoms with Gasteiger partial charge in [-0.2, -0.15) is 0 Å². The first-order valence-electron chi connectivity index (χ1n) is 11.2. The largest absolute Gasteiger partial charge is 0.486 e. The number of ketones is 2. The zero-order valence-corrected chi connectivity index (χ0v) is 19.0. The Labute approximate surface area is 184 Å². The number of likely N-dealkylation sites (N-methyl/N-ethyl adjacent to an activating group) is 1. The van der Waals surface area contributed by atoms with Gasteiger partial charge in [0.15, 0.2) is 11.6 Å². The third-order valence-corrected chi connectivity index (χ3v) is 7.21. The maximum Gasteiger partial charge on any atom is 0.221 e. The van der Waals surface area contributed by atoms with E-state index in [-0.39, 0.29) is 17.5 Å². The lowest BCUT2D eigenvalue weighted by molar-refractivity contribution is -0.133. The van der Waals surface area contributed by atoms with Crippen molar-refractivity contribution < 1.29 is 19.1 Å². The minimum atomic E-state index is -0.689. The molecule has 3 atom stereocenters. The molecule has 0 aromatic heterocycles. The molecule has 0 unspecified atom stereocenters. The van der Waals surface area contributed by atoms with E-state index >= 15 is 0 Å². The molecular weight excluding hydrogens is 394 g/mol. The average Bonchev–Trinajstić information content (AvgIpc) is 3.02. The van der Waals surface area contributed by atoms with Crippen LogP contribution in [0.15, 0.2) is 12.1 Å². The zero-order valence-electron chi connectivity index (χ0n) is 19.0. The Morgan fingerprint density at radius 3 is 2.61 bits per heavy atom. The van der Waals surface area contributed by atoms with Gasteiger partial charge in [-0.1, -0.05) is 13.0 Å². The van der Waals surface area contributed by atoms with E-state index in [0.717, 1.165) is 37.3 Å². The number of benzene rings is 1. The molecule has 4 rings (SSSR count). The van der Waals surface area contributed by atoms with Crippen LogP contribution >= 0.6 is 0 Å². The summed E-state index contributed by atoms with van der Waals surface area (Å²) < 4.78 is 6.28. The predicted molar refractivity (Wildman–Crippen MR) is 118 cm³/mol. The summed E-state index contributed by atoms with van der Waals surface area (Å²) >= 11 is 0. The second-order valence-corrected chi connectivity index (χ2v) is 9.61. The molecule has 3 aliphatic rings. The number of amides is 1. The average molecular weight is 428 g/mol. The number of carbonyl (C=O) groups is 3. The molecular formula is C24H33N3O4. The molecule has 168 valence electrons. The van der Waals surface area contributed by atoms with Crippen LogP contribution in [0.2, 0.25) is 0 Å². The fraction of sp³-hybridized carbons (Fsp3) is 0.625. The summed E-state index contributed by atoms with van der Waals surface area (Å²) in [6, 6.07) is 3.21. The second-order valence-electron chi connectivity index (χ2n) is 9.61. The lowest BCUT2D eigenvalue weighted by atomic mass is 9.67. The van der Waals surface area contributed by atoms with Crippen molar-refractivity contribution in [2.75, 3.05) is 39.8 Å². The molecule has 2 heterocycles. The van der Waals surface area contributed by atoms with E-state index in [0.29, 0.717) is 37.1 Å². The Kier molecular flexibility index (Phi) is 5.92. The number of nitrogens with zero attached hydrogens (tertiary/aromatic N) is 2. The van der Waals surface area contributed by atoms with Crippen molar-refractivity contribution >= 4 is 17.5 Å². The van der Waals surface area contributed by atoms with Crippen molar-refractivity contribution in [2.45, 2.75) is 57.6 Å². The van der Waals surface area contributed by atoms with Gasteiger partial charge < -0.3 is 19.9 Å². The molecule has 0 bridgehead atoms. The molecule has 1 saturated heterocycles. The summed E-state index contributed by atoms with van der Waals surface area (Å²) in [5.41, 5.74) is 2.12. The first-order chi connectivity index (χ1) is 14.7. The third-order valence-electron chi connectivity index (χ3n) is 7.21. The number of rotatable bonds is 5. The Morgan fingerprint density at radius 2 is 1.94 bits per heavy atom. The van der Waals surface area contributed by atoms with Crippen molar-refractivity contribution in [1.29, 1.82) is 0 Å². The number of hydrogen-bond donors (Lipinski definition) is 1. The fourth-order valence-electron chi connectivity index (χ4n) is 5.15. The van der Waals surface area contributed by atoms with E-state index < -0.39 is 17.6 Å². The van der Waals surface area contributed by atoms with Crippen LogP contribution in [0.1, 0.15) is 54.6 Å². The van der Waals surface area contributed by atoms with Crippen molar-refractivity contribution in [1.82, 2.24) is 15.1 Å². The standard InChI is InChI=1S/C24H33N3O4/c1-15-13-17(16(2)28)22-18(14-15)24(3)7-5-19(29)21(23(24)31-22)25-20(30)6-8-27-11-9-26(4)10-12-27/h13-14,21,23H,5-12H2,1-4H3,(H,25,30)/t21-,23-,24-/m0/s1. The van der Waals surface area contributed by atoms with Gasteiger partial charge in [0.05, 0.1) is 5.56 Å². The number of nitrogens with one attached hydrogen (secondary N) is 1. The van der Waals surface area contributed by atoms with Crippen LogP contribution in [-0.2, 0) is 15.0 Å². The van der Waals surface area contributed by atoms with Gasteiger partial charge in [0, 0.05) is 56.5 Å². The molecule has 1 saturated carbocycles. The lowest BCUT2D eigenvalue weighted by Gasteiger charge is -2.39. The van der Waals surface area contributed by atoms with Crippen LogP contribution in [0.4, 0.5) is 0 Å². The number of ether oxygens (including phenoxy) is 1. The Bertz CT molecular complexity index is 906. The summed E-state index contributed by atoms with van der Waals surface area (Å²) in [6.45, 7) is 10.2. The molecule has 1 amide bonds. The van der Waals surface area contributed by atoms with E-state index in [4.69, 9.17) is 4.74 Å². The van der Waals surface area contributed by atoms with Crippen LogP contribution in [0.3, 0.4) is 0 Å². The Morgan fingerprint density at radius 1 is 1.23 bits per heavy atom. The number of aryl methyl sites for hydroxylation is 1. The zero-order chi connectivity index (χ0) is 22.3. The predicted octanol–water partition coefficient (Wildman–Crippen LogP) is 1.70. The minimum absolute atomic E-state index is 0.00400. The van der Waals surface area contributed by atoms with Crippen LogP contribution < -0.4 is 10.1 Å². The van der Waals surface area contributed by atoms with Crippen molar-refractivity contribution in [3.05, 3.63) is 28.8 Å². The maximum absolute atomic E-state index is 12.8. The third kappa shape index (κ3) is 4.13. The van der Waals surface area contributed by atoms with Crippen molar-refractivity contribution in [2.24, 2.45) is 0 Å². The maximum atomic E-state index is 12.8. The van der Waals surface area contributed by atoms with Gasteiger partial charge in [0.25, 0.3) is 0 Å². The highest BCUT2D eigenvalue weighted by Gasteiger charge is 2.55. The first kappa shape index (κ1) is 22.0. The van der Waals surface area contributed by atoms with E-state index in [2.05, 4.69) is 35.2 Å². The Hall–Kier alpha value is -2.25. The number of carbonyl (C=O) groups excluding carboxylic acids is 3. The van der Waals surface area contributed by atoms with Gasteiger partial charge in [-0.15, -0.1) is 0 Å². The number of Topliss-reactive ketones (excluding diaryl/α,β-unsaturated/α-hetero) is 2. The molecule has 1 aliphatic carbocycles. The van der Waals surface area contributed by atoms with Crippen molar-refractivity contribution in [3.63, 3.8) is 0 Å². The van der Waals surface area contributed by atoms with E-state index in [1.54, 1.807) is 0 Å². The molecule has 0 spiro atoms. The minimum Gasteiger partial charge on any atom is -0.486 e. The van der Waals surface area contributed by atoms with Gasteiger partial charge in [0.2, 0.25) is 5.91 Å². The van der Waals surface area contributed by atoms with Gasteiger partial charge in [0.1, 0.15) is 17.9 Å². The highest BCUT2D eigenvalue weighted by molar-refractivity contribution is 5.98. The lowest BCUT2D eigenvalue weighted by Crippen LogP contribution is -2.59. The summed E-state index contributed by atoms with van der Waals surface area (Å²) in [5, 5.41) is 2.98. The van der Waals surface area contributed by atoms with E-state index in [1.165, 1.54) is 6.92 Å². The summed E-state index contributed by atoms with van der Waals surface area (Å²) in [7, 11) is 2.11. The quantitative estimate of drug-likeness (QED) is 0.721. The number of fused-ring (bicyclic) bond motifs is 3. The summed E-state index contributed by atoms with van der Waals surface area (Å²) in [6.07, 6.45) is 0.915. The van der Waals surface area contributed by atoms with Crippen molar-refractivity contribution in [3.8, 4) is 5.75 Å². The Balaban J connectivity index is 1.49. The van der Waals surface area contributed by atoms with Gasteiger partial charge >= 0.3 is 0 Å². The normalized spacial score (nSPS) is 28.6. The molecule has 2 aliphatic heterocycles. The second kappa shape index (κ2) is 8.36. The SMILES string of the molecule is CC(=O)c1cc(C)cc2c1O[C@H]1[C@@H](NC(=O)CCN3CCN(C)CC3)C(=O)CC[C@@]21C. The highest BCUT2D eigenvalue weighted by atomic mass is 16.5. The van der Waals surface area contributed by atoms with Gasteiger partial charge in [-0.25, -0.2) is 0 Å². The molecule has 1 N–H and O–H groups in total. The van der Waals surface area contributed by atoms with Crippen LogP contribution in [0, 0.1) is 6.92 Å². The molecule has 1 aromatic carbocycles. The van der Waals surface area contributed by atoms with E-state index in [1.807, 2.05) is 13.0 Å². The molecule has 0 radical (unpaired) electrons.